The molecule has 0 radical (unpaired) electrons. The summed E-state index contributed by atoms with van der Waals surface area (Å²) in [6.45, 7) is 6.03. The minimum atomic E-state index is -0.287. The minimum Gasteiger partial charge on any atom is -0.326 e. The van der Waals surface area contributed by atoms with Crippen molar-refractivity contribution in [1.82, 2.24) is 0 Å². The molecule has 2 amide bonds. The molecule has 0 spiro atoms. The summed E-state index contributed by atoms with van der Waals surface area (Å²) in [5.74, 6) is -0.708. The van der Waals surface area contributed by atoms with Crippen LogP contribution in [0.5, 0.6) is 0 Å². The summed E-state index contributed by atoms with van der Waals surface area (Å²) in [4.78, 5) is 51.6. The van der Waals surface area contributed by atoms with Crippen molar-refractivity contribution in [3.63, 3.8) is 0 Å². The second-order valence-corrected chi connectivity index (χ2v) is 10.6. The van der Waals surface area contributed by atoms with E-state index in [-0.39, 0.29) is 40.1 Å². The van der Waals surface area contributed by atoms with Crippen LogP contribution in [0.1, 0.15) is 59.0 Å². The largest absolute Gasteiger partial charge is 0.326 e. The maximum atomic E-state index is 13.1. The Morgan fingerprint density at radius 1 is 0.743 bits per heavy atom. The molecule has 3 aromatic carbocycles. The maximum Gasteiger partial charge on any atom is 0.234 e. The molecule has 0 unspecified atom stereocenters. The average molecular weight is 487 g/mol. The first-order valence-corrected chi connectivity index (χ1v) is 12.2. The Bertz CT molecular complexity index is 1320. The summed E-state index contributed by atoms with van der Waals surface area (Å²) >= 11 is 1.34. The van der Waals surface area contributed by atoms with Gasteiger partial charge in [-0.1, -0.05) is 57.2 Å². The van der Waals surface area contributed by atoms with Crippen LogP contribution in [0.2, 0.25) is 0 Å². The van der Waals surface area contributed by atoms with Crippen molar-refractivity contribution in [2.24, 2.45) is 5.41 Å². The first-order valence-electron chi connectivity index (χ1n) is 11.3. The second-order valence-electron chi connectivity index (χ2n) is 9.58. The molecule has 0 atom stereocenters. The Kier molecular flexibility index (Phi) is 6.89. The summed E-state index contributed by atoms with van der Waals surface area (Å²) in [7, 11) is 0. The number of anilines is 2. The molecule has 1 aliphatic rings. The molecular formula is C28H26N2O4S. The van der Waals surface area contributed by atoms with E-state index in [1.165, 1.54) is 11.8 Å². The highest BCUT2D eigenvalue weighted by atomic mass is 32.2. The van der Waals surface area contributed by atoms with Gasteiger partial charge in [0.05, 0.1) is 17.0 Å². The monoisotopic (exact) mass is 486 g/mol. The molecule has 0 saturated carbocycles. The summed E-state index contributed by atoms with van der Waals surface area (Å²) < 4.78 is 0. The molecule has 6 nitrogen and oxygen atoms in total. The fourth-order valence-electron chi connectivity index (χ4n) is 3.91. The summed E-state index contributed by atoms with van der Waals surface area (Å²) in [5, 5.41) is 5.67. The van der Waals surface area contributed by atoms with Gasteiger partial charge in [0.1, 0.15) is 0 Å². The van der Waals surface area contributed by atoms with Gasteiger partial charge in [0, 0.05) is 33.7 Å². The molecule has 4 rings (SSSR count). The van der Waals surface area contributed by atoms with Gasteiger partial charge < -0.3 is 10.6 Å². The van der Waals surface area contributed by atoms with Gasteiger partial charge in [-0.2, -0.15) is 0 Å². The zero-order valence-electron chi connectivity index (χ0n) is 19.8. The molecule has 0 heterocycles. The van der Waals surface area contributed by atoms with Crippen LogP contribution in [0.3, 0.4) is 0 Å². The number of ketones is 2. The zero-order chi connectivity index (χ0) is 25.2. The standard InChI is InChI=1S/C28H26N2O4S/c1-28(2,3)15-23(31)29-17-11-13-18(14-12-17)35-16-24(32)30-22-10-6-9-21-25(22)27(34)20-8-5-4-7-19(20)26(21)33/h4-14H,15-16H2,1-3H3,(H,29,31)(H,30,32). The van der Waals surface area contributed by atoms with E-state index in [4.69, 9.17) is 0 Å². The number of rotatable bonds is 6. The number of carbonyl (C=O) groups is 4. The first kappa shape index (κ1) is 24.4. The SMILES string of the molecule is CC(C)(C)CC(=O)Nc1ccc(SCC(=O)Nc2cccc3c2C(=O)c2ccccc2C3=O)cc1. The molecule has 0 saturated heterocycles. The summed E-state index contributed by atoms with van der Waals surface area (Å²) in [6, 6.07) is 18.9. The van der Waals surface area contributed by atoms with Crippen LogP contribution in [0.4, 0.5) is 11.4 Å². The fourth-order valence-corrected chi connectivity index (χ4v) is 4.60. The number of hydrogen-bond donors (Lipinski definition) is 2. The van der Waals surface area contributed by atoms with E-state index >= 15 is 0 Å². The third-order valence-electron chi connectivity index (χ3n) is 5.43. The van der Waals surface area contributed by atoms with Gasteiger partial charge in [0.25, 0.3) is 0 Å². The third-order valence-corrected chi connectivity index (χ3v) is 6.44. The van der Waals surface area contributed by atoms with Crippen molar-refractivity contribution in [1.29, 1.82) is 0 Å². The molecular weight excluding hydrogens is 460 g/mol. The molecule has 0 aliphatic heterocycles. The van der Waals surface area contributed by atoms with Crippen LogP contribution in [0.15, 0.2) is 71.6 Å². The topological polar surface area (TPSA) is 92.3 Å². The summed E-state index contributed by atoms with van der Waals surface area (Å²) in [5.41, 5.74) is 2.18. The quantitative estimate of drug-likeness (QED) is 0.348. The van der Waals surface area contributed by atoms with Crippen LogP contribution in [-0.4, -0.2) is 29.1 Å². The van der Waals surface area contributed by atoms with E-state index in [1.807, 2.05) is 32.9 Å². The smallest absolute Gasteiger partial charge is 0.234 e. The van der Waals surface area contributed by atoms with Crippen molar-refractivity contribution in [3.05, 3.63) is 89.0 Å². The Morgan fingerprint density at radius 3 is 2.03 bits per heavy atom. The van der Waals surface area contributed by atoms with Gasteiger partial charge in [-0.15, -0.1) is 11.8 Å². The van der Waals surface area contributed by atoms with Crippen molar-refractivity contribution in [2.75, 3.05) is 16.4 Å². The van der Waals surface area contributed by atoms with Crippen LogP contribution in [0.25, 0.3) is 0 Å². The molecule has 0 fully saturated rings. The lowest BCUT2D eigenvalue weighted by Gasteiger charge is -2.20. The fraction of sp³-hybridized carbons (Fsp3) is 0.214. The number of fused-ring (bicyclic) bond motifs is 2. The van der Waals surface area contributed by atoms with E-state index in [2.05, 4.69) is 10.6 Å². The lowest BCUT2D eigenvalue weighted by Crippen LogP contribution is -2.24. The normalized spacial score (nSPS) is 12.5. The molecule has 35 heavy (non-hydrogen) atoms. The lowest BCUT2D eigenvalue weighted by molar-refractivity contribution is -0.118. The number of benzene rings is 3. The molecule has 3 aromatic rings. The van der Waals surface area contributed by atoms with Crippen LogP contribution >= 0.6 is 11.8 Å². The van der Waals surface area contributed by atoms with Gasteiger partial charge in [-0.3, -0.25) is 19.2 Å². The molecule has 2 N–H and O–H groups in total. The highest BCUT2D eigenvalue weighted by Gasteiger charge is 2.31. The van der Waals surface area contributed by atoms with Gasteiger partial charge in [0.15, 0.2) is 11.6 Å². The van der Waals surface area contributed by atoms with Crippen molar-refractivity contribution in [2.45, 2.75) is 32.1 Å². The average Bonchev–Trinajstić information content (AvgIpc) is 2.81. The third kappa shape index (κ3) is 5.69. The number of carbonyl (C=O) groups excluding carboxylic acids is 4. The summed E-state index contributed by atoms with van der Waals surface area (Å²) in [6.07, 6.45) is 0.423. The number of thioether (sulfide) groups is 1. The Hall–Kier alpha value is -3.71. The Morgan fingerprint density at radius 2 is 1.37 bits per heavy atom. The number of amides is 2. The molecule has 0 bridgehead atoms. The minimum absolute atomic E-state index is 0.0425. The van der Waals surface area contributed by atoms with E-state index in [0.29, 0.717) is 34.5 Å². The Balaban J connectivity index is 1.39. The van der Waals surface area contributed by atoms with Crippen molar-refractivity contribution in [3.8, 4) is 0 Å². The lowest BCUT2D eigenvalue weighted by atomic mass is 9.83. The van der Waals surface area contributed by atoms with Crippen LogP contribution in [0, 0.1) is 5.41 Å². The molecule has 1 aliphatic carbocycles. The number of nitrogens with one attached hydrogen (secondary N) is 2. The number of hydrogen-bond acceptors (Lipinski definition) is 5. The second kappa shape index (κ2) is 9.88. The highest BCUT2D eigenvalue weighted by molar-refractivity contribution is 8.00. The first-order chi connectivity index (χ1) is 16.6. The predicted octanol–water partition coefficient (Wildman–Crippen LogP) is 5.57. The van der Waals surface area contributed by atoms with Gasteiger partial charge in [-0.05, 0) is 35.7 Å². The van der Waals surface area contributed by atoms with Gasteiger partial charge in [-0.25, -0.2) is 0 Å². The van der Waals surface area contributed by atoms with E-state index in [9.17, 15) is 19.2 Å². The van der Waals surface area contributed by atoms with Crippen LogP contribution < -0.4 is 10.6 Å². The van der Waals surface area contributed by atoms with E-state index in [1.54, 1.807) is 54.6 Å². The van der Waals surface area contributed by atoms with Crippen LogP contribution in [-0.2, 0) is 9.59 Å². The predicted molar refractivity (Wildman–Crippen MR) is 138 cm³/mol. The molecule has 0 aromatic heterocycles. The van der Waals surface area contributed by atoms with Gasteiger partial charge in [0.2, 0.25) is 11.8 Å². The molecule has 7 heteroatoms. The van der Waals surface area contributed by atoms with Gasteiger partial charge >= 0.3 is 0 Å². The highest BCUT2D eigenvalue weighted by Crippen LogP contribution is 2.32. The van der Waals surface area contributed by atoms with Crippen molar-refractivity contribution >= 4 is 46.5 Å². The van der Waals surface area contributed by atoms with E-state index in [0.717, 1.165) is 4.90 Å². The van der Waals surface area contributed by atoms with Crippen molar-refractivity contribution < 1.29 is 19.2 Å². The zero-order valence-corrected chi connectivity index (χ0v) is 20.6. The van der Waals surface area contributed by atoms with E-state index < -0.39 is 0 Å². The Labute approximate surface area is 208 Å². The molecule has 178 valence electrons. The maximum absolute atomic E-state index is 13.1.